The third kappa shape index (κ3) is 3.05. The topological polar surface area (TPSA) is 54.7 Å². The van der Waals surface area contributed by atoms with Gasteiger partial charge in [0.1, 0.15) is 17.2 Å². The summed E-state index contributed by atoms with van der Waals surface area (Å²) in [5, 5.41) is 3.56. The number of benzene rings is 2. The molecular weight excluding hydrogens is 340 g/mol. The molecule has 0 radical (unpaired) electrons. The highest BCUT2D eigenvalue weighted by Gasteiger charge is 2.42. The quantitative estimate of drug-likeness (QED) is 0.720. The normalized spacial score (nSPS) is 18.7. The number of anilines is 1. The Labute approximate surface area is 158 Å². The second-order valence-electron chi connectivity index (χ2n) is 6.67. The van der Waals surface area contributed by atoms with E-state index in [-0.39, 0.29) is 5.91 Å². The first kappa shape index (κ1) is 17.2. The number of nitrogens with one attached hydrogen (secondary N) is 1. The van der Waals surface area contributed by atoms with Crippen molar-refractivity contribution in [2.24, 2.45) is 0 Å². The lowest BCUT2D eigenvalue weighted by Crippen LogP contribution is -2.55. The van der Waals surface area contributed by atoms with Gasteiger partial charge >= 0.3 is 0 Å². The molecule has 0 spiro atoms. The molecule has 138 valence electrons. The smallest absolute Gasteiger partial charge is 0.258 e. The maximum Gasteiger partial charge on any atom is 0.258 e. The molecule has 27 heavy (non-hydrogen) atoms. The van der Waals surface area contributed by atoms with Crippen LogP contribution in [0.3, 0.4) is 0 Å². The van der Waals surface area contributed by atoms with Crippen molar-refractivity contribution in [1.29, 1.82) is 0 Å². The van der Waals surface area contributed by atoms with Crippen molar-refractivity contribution >= 4 is 11.6 Å². The number of carbonyl (C=O) groups is 1. The minimum Gasteiger partial charge on any atom is -0.494 e. The van der Waals surface area contributed by atoms with E-state index in [1.807, 2.05) is 79.4 Å². The summed E-state index contributed by atoms with van der Waals surface area (Å²) in [4.78, 5) is 15.1. The fraction of sp³-hybridized carbons (Fsp3) is 0.227. The molecule has 1 aromatic heterocycles. The number of carbonyl (C=O) groups excluding carboxylic acids is 1. The van der Waals surface area contributed by atoms with E-state index in [1.165, 1.54) is 0 Å². The average molecular weight is 362 g/mol. The van der Waals surface area contributed by atoms with Crippen molar-refractivity contribution in [3.05, 3.63) is 83.8 Å². The molecule has 1 unspecified atom stereocenters. The molecule has 0 aliphatic carbocycles. The Hall–Kier alpha value is -3.21. The van der Waals surface area contributed by atoms with Gasteiger partial charge in [-0.25, -0.2) is 0 Å². The Morgan fingerprint density at radius 2 is 1.85 bits per heavy atom. The van der Waals surface area contributed by atoms with Gasteiger partial charge in [0.15, 0.2) is 0 Å². The first-order valence-corrected chi connectivity index (χ1v) is 9.06. The number of nitrogens with zero attached hydrogens (tertiary/aromatic N) is 1. The fourth-order valence-corrected chi connectivity index (χ4v) is 3.52. The first-order valence-electron chi connectivity index (χ1n) is 9.06. The Morgan fingerprint density at radius 3 is 2.56 bits per heavy atom. The van der Waals surface area contributed by atoms with E-state index in [0.717, 1.165) is 22.8 Å². The van der Waals surface area contributed by atoms with E-state index in [9.17, 15) is 4.79 Å². The van der Waals surface area contributed by atoms with Crippen LogP contribution in [0, 0.1) is 0 Å². The van der Waals surface area contributed by atoms with Gasteiger partial charge in [-0.3, -0.25) is 4.79 Å². The van der Waals surface area contributed by atoms with Gasteiger partial charge in [0.05, 0.1) is 25.0 Å². The van der Waals surface area contributed by atoms with Crippen LogP contribution in [-0.2, 0) is 12.2 Å². The highest BCUT2D eigenvalue weighted by Crippen LogP contribution is 2.39. The van der Waals surface area contributed by atoms with Crippen molar-refractivity contribution in [2.45, 2.75) is 26.1 Å². The van der Waals surface area contributed by atoms with Crippen LogP contribution in [0.2, 0.25) is 0 Å². The predicted molar refractivity (Wildman–Crippen MR) is 104 cm³/mol. The lowest BCUT2D eigenvalue weighted by atomic mass is 9.93. The second-order valence-corrected chi connectivity index (χ2v) is 6.67. The van der Waals surface area contributed by atoms with Crippen molar-refractivity contribution in [3.8, 4) is 5.75 Å². The average Bonchev–Trinajstić information content (AvgIpc) is 3.19. The molecular formula is C22H22N2O3. The lowest BCUT2D eigenvalue weighted by Gasteiger charge is -2.46. The molecule has 2 aromatic carbocycles. The van der Waals surface area contributed by atoms with Crippen molar-refractivity contribution < 1.29 is 13.9 Å². The Bertz CT molecular complexity index is 934. The molecule has 2 heterocycles. The number of fused-ring (bicyclic) bond motifs is 1. The number of rotatable bonds is 5. The van der Waals surface area contributed by atoms with Crippen LogP contribution < -0.4 is 10.1 Å². The van der Waals surface area contributed by atoms with Crippen molar-refractivity contribution in [3.63, 3.8) is 0 Å². The van der Waals surface area contributed by atoms with E-state index in [0.29, 0.717) is 18.7 Å². The highest BCUT2D eigenvalue weighted by atomic mass is 16.5. The van der Waals surface area contributed by atoms with Gasteiger partial charge in [0.25, 0.3) is 5.91 Å². The van der Waals surface area contributed by atoms with Crippen molar-refractivity contribution in [2.75, 3.05) is 11.9 Å². The van der Waals surface area contributed by atoms with Gasteiger partial charge in [-0.2, -0.15) is 0 Å². The summed E-state index contributed by atoms with van der Waals surface area (Å²) in [6, 6.07) is 19.2. The molecule has 1 atom stereocenters. The molecule has 5 nitrogen and oxygen atoms in total. The van der Waals surface area contributed by atoms with Crippen LogP contribution in [0.4, 0.5) is 5.69 Å². The zero-order chi connectivity index (χ0) is 18.9. The number of amides is 1. The Morgan fingerprint density at radius 1 is 1.07 bits per heavy atom. The Kier molecular flexibility index (Phi) is 4.36. The van der Waals surface area contributed by atoms with E-state index < -0.39 is 5.66 Å². The molecule has 0 saturated heterocycles. The van der Waals surface area contributed by atoms with Crippen molar-refractivity contribution in [1.82, 2.24) is 4.90 Å². The zero-order valence-electron chi connectivity index (χ0n) is 15.4. The third-order valence-electron chi connectivity index (χ3n) is 4.94. The van der Waals surface area contributed by atoms with Gasteiger partial charge in [-0.05, 0) is 55.8 Å². The molecule has 1 amide bonds. The standard InChI is InChI=1S/C22H22N2O3/c1-3-26-17-12-10-16(11-13-17)22(2)23-20-9-5-4-8-19(20)21(25)24(22)15-18-7-6-14-27-18/h4-14,23H,3,15H2,1-2H3. The van der Waals surface area contributed by atoms with Crippen LogP contribution >= 0.6 is 0 Å². The molecule has 1 N–H and O–H groups in total. The number of hydrogen-bond donors (Lipinski definition) is 1. The van der Waals surface area contributed by atoms with E-state index in [2.05, 4.69) is 5.32 Å². The minimum atomic E-state index is -0.719. The van der Waals surface area contributed by atoms with Crippen LogP contribution in [0.1, 0.15) is 35.5 Å². The van der Waals surface area contributed by atoms with Crippen LogP contribution in [-0.4, -0.2) is 17.4 Å². The molecule has 4 rings (SSSR count). The maximum absolute atomic E-state index is 13.3. The molecule has 1 aliphatic rings. The van der Waals surface area contributed by atoms with Gasteiger partial charge in [-0.15, -0.1) is 0 Å². The monoisotopic (exact) mass is 362 g/mol. The van der Waals surface area contributed by atoms with Crippen LogP contribution in [0.15, 0.2) is 71.3 Å². The molecule has 3 aromatic rings. The third-order valence-corrected chi connectivity index (χ3v) is 4.94. The first-order chi connectivity index (χ1) is 13.1. The summed E-state index contributed by atoms with van der Waals surface area (Å²) in [6.07, 6.45) is 1.62. The highest BCUT2D eigenvalue weighted by molar-refractivity contribution is 6.02. The van der Waals surface area contributed by atoms with E-state index in [1.54, 1.807) is 6.26 Å². The fourth-order valence-electron chi connectivity index (χ4n) is 3.52. The Balaban J connectivity index is 1.77. The number of para-hydroxylation sites is 1. The number of hydrogen-bond acceptors (Lipinski definition) is 4. The number of furan rings is 1. The molecule has 0 saturated carbocycles. The summed E-state index contributed by atoms with van der Waals surface area (Å²) in [7, 11) is 0. The predicted octanol–water partition coefficient (Wildman–Crippen LogP) is 4.62. The van der Waals surface area contributed by atoms with E-state index >= 15 is 0 Å². The summed E-state index contributed by atoms with van der Waals surface area (Å²) >= 11 is 0. The lowest BCUT2D eigenvalue weighted by molar-refractivity contribution is 0.0487. The molecule has 0 fully saturated rings. The largest absolute Gasteiger partial charge is 0.494 e. The molecule has 5 heteroatoms. The SMILES string of the molecule is CCOc1ccc(C2(C)Nc3ccccc3C(=O)N2Cc2ccco2)cc1. The van der Waals surface area contributed by atoms with Gasteiger partial charge in [0.2, 0.25) is 0 Å². The summed E-state index contributed by atoms with van der Waals surface area (Å²) < 4.78 is 11.1. The summed E-state index contributed by atoms with van der Waals surface area (Å²) in [5.74, 6) is 1.52. The molecule has 1 aliphatic heterocycles. The minimum absolute atomic E-state index is 0.0304. The zero-order valence-corrected chi connectivity index (χ0v) is 15.4. The number of ether oxygens (including phenoxy) is 1. The van der Waals surface area contributed by atoms with E-state index in [4.69, 9.17) is 9.15 Å². The summed E-state index contributed by atoms with van der Waals surface area (Å²) in [5.41, 5.74) is 1.74. The van der Waals surface area contributed by atoms with Gasteiger partial charge in [-0.1, -0.05) is 24.3 Å². The van der Waals surface area contributed by atoms with Gasteiger partial charge in [0, 0.05) is 5.69 Å². The maximum atomic E-state index is 13.3. The van der Waals surface area contributed by atoms with Crippen LogP contribution in [0.25, 0.3) is 0 Å². The molecule has 0 bridgehead atoms. The summed E-state index contributed by atoms with van der Waals surface area (Å²) in [6.45, 7) is 4.96. The van der Waals surface area contributed by atoms with Crippen LogP contribution in [0.5, 0.6) is 5.75 Å². The van der Waals surface area contributed by atoms with Gasteiger partial charge < -0.3 is 19.4 Å². The second kappa shape index (κ2) is 6.83.